The molecule has 1 heterocycles. The number of aromatic nitrogens is 2. The van der Waals surface area contributed by atoms with Crippen molar-refractivity contribution in [2.75, 3.05) is 0 Å². The smallest absolute Gasteiger partial charge is 0.0991 e. The Balaban J connectivity index is 2.10. The Morgan fingerprint density at radius 3 is 2.11 bits per heavy atom. The summed E-state index contributed by atoms with van der Waals surface area (Å²) in [5.74, 6) is 2.21. The lowest BCUT2D eigenvalue weighted by Crippen LogP contribution is -2.18. The van der Waals surface area contributed by atoms with Crippen LogP contribution in [-0.2, 0) is 6.42 Å². The standard InChI is InChI=1S/C17H24N2/c1-13(2)17(14(3)4)11-15-5-7-16(8-6-15)19-10-9-18-12-19/h5-10,12-14,17H,11H2,1-4H3. The van der Waals surface area contributed by atoms with Crippen LogP contribution in [0, 0.1) is 17.8 Å². The molecule has 19 heavy (non-hydrogen) atoms. The van der Waals surface area contributed by atoms with Gasteiger partial charge < -0.3 is 4.57 Å². The number of hydrogen-bond donors (Lipinski definition) is 0. The van der Waals surface area contributed by atoms with Crippen molar-refractivity contribution in [1.82, 2.24) is 9.55 Å². The van der Waals surface area contributed by atoms with Crippen LogP contribution in [0.3, 0.4) is 0 Å². The van der Waals surface area contributed by atoms with Gasteiger partial charge in [-0.2, -0.15) is 0 Å². The van der Waals surface area contributed by atoms with Crippen molar-refractivity contribution in [2.24, 2.45) is 17.8 Å². The second kappa shape index (κ2) is 6.05. The molecule has 2 rings (SSSR count). The van der Waals surface area contributed by atoms with Gasteiger partial charge in [-0.25, -0.2) is 4.98 Å². The second-order valence-electron chi connectivity index (χ2n) is 5.99. The quantitative estimate of drug-likeness (QED) is 0.778. The topological polar surface area (TPSA) is 17.8 Å². The van der Waals surface area contributed by atoms with Crippen molar-refractivity contribution in [2.45, 2.75) is 34.1 Å². The van der Waals surface area contributed by atoms with E-state index in [1.165, 1.54) is 17.7 Å². The molecule has 0 saturated heterocycles. The highest BCUT2D eigenvalue weighted by Gasteiger charge is 2.17. The molecule has 0 saturated carbocycles. The lowest BCUT2D eigenvalue weighted by atomic mass is 9.81. The van der Waals surface area contributed by atoms with Crippen LogP contribution in [0.15, 0.2) is 43.0 Å². The van der Waals surface area contributed by atoms with Gasteiger partial charge in [-0.15, -0.1) is 0 Å². The van der Waals surface area contributed by atoms with E-state index in [2.05, 4.69) is 56.9 Å². The number of hydrogen-bond acceptors (Lipinski definition) is 1. The summed E-state index contributed by atoms with van der Waals surface area (Å²) >= 11 is 0. The zero-order valence-electron chi connectivity index (χ0n) is 12.4. The highest BCUT2D eigenvalue weighted by Crippen LogP contribution is 2.25. The third kappa shape index (κ3) is 3.46. The molecule has 2 nitrogen and oxygen atoms in total. The predicted molar refractivity (Wildman–Crippen MR) is 80.4 cm³/mol. The Kier molecular flexibility index (Phi) is 4.41. The summed E-state index contributed by atoms with van der Waals surface area (Å²) in [5.41, 5.74) is 2.60. The van der Waals surface area contributed by atoms with E-state index >= 15 is 0 Å². The summed E-state index contributed by atoms with van der Waals surface area (Å²) in [4.78, 5) is 4.08. The first-order valence-electron chi connectivity index (χ1n) is 7.15. The third-order valence-corrected chi connectivity index (χ3v) is 3.92. The summed E-state index contributed by atoms with van der Waals surface area (Å²) < 4.78 is 2.03. The van der Waals surface area contributed by atoms with E-state index in [9.17, 15) is 0 Å². The lowest BCUT2D eigenvalue weighted by molar-refractivity contribution is 0.286. The van der Waals surface area contributed by atoms with E-state index in [1.54, 1.807) is 0 Å². The van der Waals surface area contributed by atoms with Crippen LogP contribution in [0.2, 0.25) is 0 Å². The average Bonchev–Trinajstić information content (AvgIpc) is 2.89. The van der Waals surface area contributed by atoms with Crippen LogP contribution in [0.25, 0.3) is 5.69 Å². The highest BCUT2D eigenvalue weighted by atomic mass is 15.0. The van der Waals surface area contributed by atoms with E-state index in [1.807, 2.05) is 23.3 Å². The Bertz CT molecular complexity index is 472. The van der Waals surface area contributed by atoms with Gasteiger partial charge in [-0.3, -0.25) is 0 Å². The second-order valence-corrected chi connectivity index (χ2v) is 5.99. The van der Waals surface area contributed by atoms with Crippen molar-refractivity contribution in [3.63, 3.8) is 0 Å². The Labute approximate surface area is 116 Å². The monoisotopic (exact) mass is 256 g/mol. The molecule has 0 amide bonds. The first-order valence-corrected chi connectivity index (χ1v) is 7.15. The van der Waals surface area contributed by atoms with E-state index < -0.39 is 0 Å². The van der Waals surface area contributed by atoms with Crippen molar-refractivity contribution >= 4 is 0 Å². The zero-order chi connectivity index (χ0) is 13.8. The van der Waals surface area contributed by atoms with Gasteiger partial charge in [-0.1, -0.05) is 39.8 Å². The fourth-order valence-corrected chi connectivity index (χ4v) is 2.73. The number of rotatable bonds is 5. The van der Waals surface area contributed by atoms with E-state index in [0.29, 0.717) is 0 Å². The van der Waals surface area contributed by atoms with Crippen LogP contribution >= 0.6 is 0 Å². The van der Waals surface area contributed by atoms with Gasteiger partial charge in [-0.05, 0) is 41.9 Å². The molecule has 1 aromatic carbocycles. The Morgan fingerprint density at radius 2 is 1.63 bits per heavy atom. The fraction of sp³-hybridized carbons (Fsp3) is 0.471. The van der Waals surface area contributed by atoms with Crippen LogP contribution < -0.4 is 0 Å². The van der Waals surface area contributed by atoms with E-state index in [4.69, 9.17) is 0 Å². The van der Waals surface area contributed by atoms with E-state index in [0.717, 1.165) is 17.8 Å². The van der Waals surface area contributed by atoms with Gasteiger partial charge >= 0.3 is 0 Å². The fourth-order valence-electron chi connectivity index (χ4n) is 2.73. The SMILES string of the molecule is CC(C)C(Cc1ccc(-n2ccnc2)cc1)C(C)C. The molecule has 0 radical (unpaired) electrons. The van der Waals surface area contributed by atoms with Crippen LogP contribution in [0.1, 0.15) is 33.3 Å². The molecule has 2 aromatic rings. The molecule has 0 fully saturated rings. The minimum absolute atomic E-state index is 0.730. The molecular weight excluding hydrogens is 232 g/mol. The van der Waals surface area contributed by atoms with Gasteiger partial charge in [0.2, 0.25) is 0 Å². The molecule has 2 heteroatoms. The van der Waals surface area contributed by atoms with Crippen LogP contribution in [0.5, 0.6) is 0 Å². The molecule has 0 N–H and O–H groups in total. The Morgan fingerprint density at radius 1 is 1.00 bits per heavy atom. The molecule has 0 aliphatic carbocycles. The third-order valence-electron chi connectivity index (χ3n) is 3.92. The molecule has 0 unspecified atom stereocenters. The summed E-state index contributed by atoms with van der Waals surface area (Å²) in [6.45, 7) is 9.30. The van der Waals surface area contributed by atoms with Crippen LogP contribution in [0.4, 0.5) is 0 Å². The largest absolute Gasteiger partial charge is 0.306 e. The zero-order valence-corrected chi connectivity index (χ0v) is 12.4. The molecular formula is C17H24N2. The maximum absolute atomic E-state index is 4.08. The maximum Gasteiger partial charge on any atom is 0.0991 e. The van der Waals surface area contributed by atoms with Gasteiger partial charge in [0, 0.05) is 18.1 Å². The van der Waals surface area contributed by atoms with Gasteiger partial charge in [0.15, 0.2) is 0 Å². The Hall–Kier alpha value is -1.57. The normalized spacial score (nSPS) is 11.7. The minimum atomic E-state index is 0.730. The van der Waals surface area contributed by atoms with E-state index in [-0.39, 0.29) is 0 Å². The summed E-state index contributed by atoms with van der Waals surface area (Å²) in [6, 6.07) is 8.84. The van der Waals surface area contributed by atoms with Gasteiger partial charge in [0.25, 0.3) is 0 Å². The highest BCUT2D eigenvalue weighted by molar-refractivity contribution is 5.34. The van der Waals surface area contributed by atoms with Crippen molar-refractivity contribution in [1.29, 1.82) is 0 Å². The minimum Gasteiger partial charge on any atom is -0.306 e. The van der Waals surface area contributed by atoms with Crippen molar-refractivity contribution in [3.8, 4) is 5.69 Å². The van der Waals surface area contributed by atoms with Crippen molar-refractivity contribution < 1.29 is 0 Å². The molecule has 0 spiro atoms. The molecule has 0 bridgehead atoms. The number of nitrogens with zero attached hydrogens (tertiary/aromatic N) is 2. The predicted octanol–water partition coefficient (Wildman–Crippen LogP) is 4.34. The average molecular weight is 256 g/mol. The molecule has 0 aliphatic rings. The molecule has 102 valence electrons. The van der Waals surface area contributed by atoms with Crippen molar-refractivity contribution in [3.05, 3.63) is 48.5 Å². The summed E-state index contributed by atoms with van der Waals surface area (Å²) in [7, 11) is 0. The first kappa shape index (κ1) is 13.9. The van der Waals surface area contributed by atoms with Gasteiger partial charge in [0.1, 0.15) is 0 Å². The number of benzene rings is 1. The molecule has 0 atom stereocenters. The van der Waals surface area contributed by atoms with Crippen LogP contribution in [-0.4, -0.2) is 9.55 Å². The maximum atomic E-state index is 4.08. The van der Waals surface area contributed by atoms with Gasteiger partial charge in [0.05, 0.1) is 6.33 Å². The number of imidazole rings is 1. The lowest BCUT2D eigenvalue weighted by Gasteiger charge is -2.25. The molecule has 0 aliphatic heterocycles. The first-order chi connectivity index (χ1) is 9.08. The molecule has 1 aromatic heterocycles. The summed E-state index contributed by atoms with van der Waals surface area (Å²) in [6.07, 6.45) is 6.78. The summed E-state index contributed by atoms with van der Waals surface area (Å²) in [5, 5.41) is 0.